The van der Waals surface area contributed by atoms with Gasteiger partial charge in [-0.25, -0.2) is 0 Å². The van der Waals surface area contributed by atoms with Gasteiger partial charge in [0.15, 0.2) is 11.6 Å². The van der Waals surface area contributed by atoms with E-state index in [-0.39, 0.29) is 69.7 Å². The van der Waals surface area contributed by atoms with Gasteiger partial charge in [-0.3, -0.25) is 28.8 Å². The summed E-state index contributed by atoms with van der Waals surface area (Å²) in [5, 5.41) is 27.0. The van der Waals surface area contributed by atoms with Crippen molar-refractivity contribution in [1.82, 2.24) is 0 Å². The normalized spacial score (nSPS) is 12.2. The van der Waals surface area contributed by atoms with Crippen LogP contribution in [0.5, 0.6) is 0 Å². The number of rotatable bonds is 14. The van der Waals surface area contributed by atoms with E-state index >= 15 is 0 Å². The number of halogens is 6. The van der Waals surface area contributed by atoms with Crippen LogP contribution in [0.15, 0.2) is 105 Å². The van der Waals surface area contributed by atoms with Crippen LogP contribution >= 0.6 is 69.6 Å². The second kappa shape index (κ2) is 20.9. The largest absolute Gasteiger partial charge is 0.324 e. The molecule has 14 nitrogen and oxygen atoms in total. The van der Waals surface area contributed by atoms with Gasteiger partial charge in [-0.1, -0.05) is 93.9 Å². The quantitative estimate of drug-likeness (QED) is 0.0630. The number of azo groups is 2. The SMILES string of the molecule is CC(=O)C(N=Nc1cccc(C(=O)Nc2cccc(Cl)c2Cl)c1Cl)C(=O)Nc1cc(C)c(NC(=O)C(N=Nc2cccc(C(=O)Nc3cccc(Cl)c3Cl)c2Cl)C(C)=O)c(C)c1. The highest BCUT2D eigenvalue weighted by atomic mass is 35.5. The molecule has 62 heavy (non-hydrogen) atoms. The summed E-state index contributed by atoms with van der Waals surface area (Å²) < 4.78 is 0. The Kier molecular flexibility index (Phi) is 15.9. The van der Waals surface area contributed by atoms with E-state index in [1.165, 1.54) is 48.5 Å². The Bertz CT molecular complexity index is 2690. The number of ketones is 2. The molecule has 2 unspecified atom stereocenters. The molecule has 2 atom stereocenters. The predicted molar refractivity (Wildman–Crippen MR) is 243 cm³/mol. The monoisotopic (exact) mass is 954 g/mol. The fourth-order valence-electron chi connectivity index (χ4n) is 5.64. The van der Waals surface area contributed by atoms with E-state index in [4.69, 9.17) is 69.6 Å². The molecular formula is C42H32Cl6N8O6. The number of hydrogen-bond donors (Lipinski definition) is 4. The van der Waals surface area contributed by atoms with Crippen molar-refractivity contribution in [3.05, 3.63) is 137 Å². The average molecular weight is 957 g/mol. The van der Waals surface area contributed by atoms with E-state index in [1.54, 1.807) is 50.2 Å². The lowest BCUT2D eigenvalue weighted by molar-refractivity contribution is -0.127. The number of aryl methyl sites for hydroxylation is 2. The van der Waals surface area contributed by atoms with Crippen molar-refractivity contribution in [3.8, 4) is 0 Å². The molecule has 0 heterocycles. The molecule has 5 aromatic rings. The zero-order chi connectivity index (χ0) is 45.4. The third-order valence-corrected chi connectivity index (χ3v) is 11.2. The van der Waals surface area contributed by atoms with Gasteiger partial charge in [0.05, 0.1) is 52.6 Å². The van der Waals surface area contributed by atoms with Crippen LogP contribution in [0.2, 0.25) is 30.1 Å². The molecule has 0 spiro atoms. The van der Waals surface area contributed by atoms with E-state index < -0.39 is 47.3 Å². The number of benzene rings is 5. The summed E-state index contributed by atoms with van der Waals surface area (Å²) in [5.41, 5.74) is 2.03. The van der Waals surface area contributed by atoms with Crippen molar-refractivity contribution in [1.29, 1.82) is 0 Å². The van der Waals surface area contributed by atoms with Crippen LogP contribution in [0.4, 0.5) is 34.1 Å². The van der Waals surface area contributed by atoms with Gasteiger partial charge in [-0.05, 0) is 99.5 Å². The molecule has 0 fully saturated rings. The van der Waals surface area contributed by atoms with Gasteiger partial charge in [0.2, 0.25) is 12.1 Å². The summed E-state index contributed by atoms with van der Waals surface area (Å²) in [5.74, 6) is -4.19. The molecule has 4 N–H and O–H groups in total. The maximum absolute atomic E-state index is 13.4. The van der Waals surface area contributed by atoms with Crippen molar-refractivity contribution in [2.24, 2.45) is 20.5 Å². The van der Waals surface area contributed by atoms with Crippen molar-refractivity contribution in [2.75, 3.05) is 21.3 Å². The Balaban J connectivity index is 1.27. The second-order valence-electron chi connectivity index (χ2n) is 13.3. The Morgan fingerprint density at radius 3 is 1.29 bits per heavy atom. The van der Waals surface area contributed by atoms with Crippen LogP contribution in [0.3, 0.4) is 0 Å². The lowest BCUT2D eigenvalue weighted by Gasteiger charge is -2.17. The highest BCUT2D eigenvalue weighted by molar-refractivity contribution is 6.45. The molecule has 4 amide bonds. The summed E-state index contributed by atoms with van der Waals surface area (Å²) in [6.07, 6.45) is 0. The molecule has 20 heteroatoms. The maximum Gasteiger partial charge on any atom is 0.258 e. The second-order valence-corrected chi connectivity index (χ2v) is 15.6. The lowest BCUT2D eigenvalue weighted by Crippen LogP contribution is -2.33. The Morgan fingerprint density at radius 2 is 0.887 bits per heavy atom. The average Bonchev–Trinajstić information content (AvgIpc) is 3.20. The number of nitrogens with one attached hydrogen (secondary N) is 4. The Hall–Kier alpha value is -5.74. The van der Waals surface area contributed by atoms with Gasteiger partial charge in [0.25, 0.3) is 23.6 Å². The van der Waals surface area contributed by atoms with Gasteiger partial charge in [-0.15, -0.1) is 0 Å². The minimum absolute atomic E-state index is 0.00504. The van der Waals surface area contributed by atoms with E-state index in [2.05, 4.69) is 41.7 Å². The molecule has 0 radical (unpaired) electrons. The first-order valence-corrected chi connectivity index (χ1v) is 20.3. The van der Waals surface area contributed by atoms with E-state index in [9.17, 15) is 28.8 Å². The number of amides is 4. The van der Waals surface area contributed by atoms with Crippen LogP contribution in [0.1, 0.15) is 45.7 Å². The fourth-order valence-corrected chi connectivity index (χ4v) is 6.83. The van der Waals surface area contributed by atoms with Gasteiger partial charge in [-0.2, -0.15) is 20.5 Å². The van der Waals surface area contributed by atoms with Crippen molar-refractivity contribution in [2.45, 2.75) is 39.8 Å². The standard InChI is InChI=1S/C42H32Cl6N8O6/c1-19-17-23(49-41(61)37(21(3)57)55-53-30-15-5-9-24(32(30)45)39(59)50-28-13-7-11-26(43)34(28)47)18-20(2)36(19)52-42(62)38(22(4)58)56-54-31-16-6-10-25(33(31)46)40(60)51-29-14-8-12-27(44)35(29)48/h5-18,37-38H,1-4H3,(H,49,61)(H,50,59)(H,51,60)(H,52,62). The topological polar surface area (TPSA) is 200 Å². The number of carbonyl (C=O) groups excluding carboxylic acids is 6. The summed E-state index contributed by atoms with van der Waals surface area (Å²) in [7, 11) is 0. The van der Waals surface area contributed by atoms with Crippen molar-refractivity contribution < 1.29 is 28.8 Å². The smallest absolute Gasteiger partial charge is 0.258 e. The minimum atomic E-state index is -1.61. The van der Waals surface area contributed by atoms with Crippen molar-refractivity contribution in [3.63, 3.8) is 0 Å². The lowest BCUT2D eigenvalue weighted by atomic mass is 10.1. The van der Waals surface area contributed by atoms with Gasteiger partial charge in [0.1, 0.15) is 11.4 Å². The van der Waals surface area contributed by atoms with Gasteiger partial charge < -0.3 is 21.3 Å². The zero-order valence-electron chi connectivity index (χ0n) is 32.7. The zero-order valence-corrected chi connectivity index (χ0v) is 37.3. The fraction of sp³-hybridized carbons (Fsp3) is 0.143. The number of carbonyl (C=O) groups is 6. The van der Waals surface area contributed by atoms with Crippen LogP contribution in [0, 0.1) is 13.8 Å². The molecule has 0 aliphatic carbocycles. The van der Waals surface area contributed by atoms with Crippen LogP contribution in [-0.2, 0) is 19.2 Å². The maximum atomic E-state index is 13.4. The molecule has 5 aromatic carbocycles. The van der Waals surface area contributed by atoms with Crippen molar-refractivity contribution >= 4 is 139 Å². The molecule has 5 rings (SSSR count). The predicted octanol–water partition coefficient (Wildman–Crippen LogP) is 12.1. The first-order chi connectivity index (χ1) is 29.4. The number of anilines is 4. The van der Waals surface area contributed by atoms with E-state index in [0.29, 0.717) is 16.8 Å². The molecule has 318 valence electrons. The molecule has 0 aliphatic rings. The number of hydrogen-bond acceptors (Lipinski definition) is 10. The summed E-state index contributed by atoms with van der Waals surface area (Å²) >= 11 is 37.5. The molecule has 0 aromatic heterocycles. The summed E-state index contributed by atoms with van der Waals surface area (Å²) in [4.78, 5) is 78.1. The summed E-state index contributed by atoms with van der Waals surface area (Å²) in [6, 6.07) is 18.0. The van der Waals surface area contributed by atoms with Crippen LogP contribution in [0.25, 0.3) is 0 Å². The Morgan fingerprint density at radius 1 is 0.500 bits per heavy atom. The molecule has 0 saturated carbocycles. The first-order valence-electron chi connectivity index (χ1n) is 18.0. The molecular weight excluding hydrogens is 925 g/mol. The minimum Gasteiger partial charge on any atom is -0.324 e. The van der Waals surface area contributed by atoms with Gasteiger partial charge in [0, 0.05) is 11.4 Å². The Labute approximate surface area is 384 Å². The van der Waals surface area contributed by atoms with Crippen LogP contribution < -0.4 is 21.3 Å². The van der Waals surface area contributed by atoms with E-state index in [1.807, 2.05) is 0 Å². The third kappa shape index (κ3) is 11.4. The van der Waals surface area contributed by atoms with E-state index in [0.717, 1.165) is 13.8 Å². The summed E-state index contributed by atoms with van der Waals surface area (Å²) in [6.45, 7) is 5.60. The highest BCUT2D eigenvalue weighted by Gasteiger charge is 2.27. The van der Waals surface area contributed by atoms with Crippen LogP contribution in [-0.4, -0.2) is 47.3 Å². The number of nitrogens with zero attached hydrogens (tertiary/aromatic N) is 4. The molecule has 0 saturated heterocycles. The highest BCUT2D eigenvalue weighted by Crippen LogP contribution is 2.35. The first kappa shape index (κ1) is 47.3. The number of Topliss-reactive ketones (excluding diaryl/α,β-unsaturated/α-hetero) is 2. The third-order valence-electron chi connectivity index (χ3n) is 8.72. The van der Waals surface area contributed by atoms with Gasteiger partial charge >= 0.3 is 0 Å². The molecule has 0 bridgehead atoms. The molecule has 0 aliphatic heterocycles.